The van der Waals surface area contributed by atoms with E-state index in [0.717, 1.165) is 16.3 Å². The minimum absolute atomic E-state index is 0. The molecule has 3 rings (SSSR count). The zero-order chi connectivity index (χ0) is 11.8. The van der Waals surface area contributed by atoms with Gasteiger partial charge in [0.15, 0.2) is 0 Å². The summed E-state index contributed by atoms with van der Waals surface area (Å²) < 4.78 is 2.09. The number of hydrogen-bond donors (Lipinski definition) is 0. The highest BCUT2D eigenvalue weighted by Crippen LogP contribution is 2.40. The molecule has 18 heavy (non-hydrogen) atoms. The molecule has 2 aromatic rings. The van der Waals surface area contributed by atoms with Crippen LogP contribution in [0.5, 0.6) is 0 Å². The van der Waals surface area contributed by atoms with E-state index in [2.05, 4.69) is 15.6 Å². The molecule has 0 aliphatic carbocycles. The minimum atomic E-state index is -0.391. The van der Waals surface area contributed by atoms with Crippen molar-refractivity contribution in [3.63, 3.8) is 0 Å². The summed E-state index contributed by atoms with van der Waals surface area (Å²) in [4.78, 5) is 15.4. The van der Waals surface area contributed by atoms with E-state index in [1.165, 1.54) is 0 Å². The van der Waals surface area contributed by atoms with Crippen LogP contribution < -0.4 is 0 Å². The molecule has 0 bridgehead atoms. The van der Waals surface area contributed by atoms with E-state index in [0.29, 0.717) is 5.56 Å². The van der Waals surface area contributed by atoms with E-state index in [1.807, 2.05) is 18.5 Å². The summed E-state index contributed by atoms with van der Waals surface area (Å²) in [7, 11) is 0. The van der Waals surface area contributed by atoms with Gasteiger partial charge in [-0.05, 0) is 29.3 Å². The molecule has 6 heteroatoms. The first kappa shape index (κ1) is 13.5. The van der Waals surface area contributed by atoms with Gasteiger partial charge in [-0.3, -0.25) is 9.78 Å². The number of carbonyl (C=O) groups excluding carboxylic acids is 1. The van der Waals surface area contributed by atoms with Crippen LogP contribution in [0, 0.1) is 0 Å². The largest absolute Gasteiger partial charge is 0.334 e. The number of fused-ring (bicyclic) bond motifs is 1. The van der Waals surface area contributed by atoms with Crippen molar-refractivity contribution < 1.29 is 4.79 Å². The quantitative estimate of drug-likeness (QED) is 0.798. The molecule has 94 valence electrons. The van der Waals surface area contributed by atoms with Crippen LogP contribution in [0.4, 0.5) is 0 Å². The Kier molecular flexibility index (Phi) is 4.00. The Morgan fingerprint density at radius 1 is 1.50 bits per heavy atom. The van der Waals surface area contributed by atoms with Gasteiger partial charge in [-0.2, -0.15) is 0 Å². The van der Waals surface area contributed by atoms with Crippen molar-refractivity contribution in [1.82, 2.24) is 9.55 Å². The van der Waals surface area contributed by atoms with Crippen molar-refractivity contribution in [3.8, 4) is 0 Å². The molecule has 0 radical (unpaired) electrons. The van der Waals surface area contributed by atoms with Gasteiger partial charge in [-0.15, -0.1) is 24.2 Å². The molecule has 0 N–H and O–H groups in total. The average molecular weight is 301 g/mol. The molecule has 0 fully saturated rings. The maximum Gasteiger partial charge on any atom is 0.255 e. The lowest BCUT2D eigenvalue weighted by Gasteiger charge is -2.11. The SMILES string of the molecule is Cl.O=C(Cl)c1ccn2c1SCC2c1cccnc1. The number of hydrogen-bond acceptors (Lipinski definition) is 3. The van der Waals surface area contributed by atoms with Gasteiger partial charge in [-0.1, -0.05) is 6.07 Å². The molecular formula is C12H10Cl2N2OS. The second-order valence-corrected chi connectivity index (χ2v) is 5.18. The lowest BCUT2D eigenvalue weighted by Crippen LogP contribution is -2.07. The molecular weight excluding hydrogens is 291 g/mol. The van der Waals surface area contributed by atoms with Crippen molar-refractivity contribution in [2.45, 2.75) is 11.1 Å². The van der Waals surface area contributed by atoms with Gasteiger partial charge < -0.3 is 4.57 Å². The van der Waals surface area contributed by atoms with Gasteiger partial charge >= 0.3 is 0 Å². The third kappa shape index (κ3) is 2.16. The highest BCUT2D eigenvalue weighted by molar-refractivity contribution is 7.99. The van der Waals surface area contributed by atoms with E-state index < -0.39 is 5.24 Å². The first-order valence-corrected chi connectivity index (χ1v) is 6.57. The van der Waals surface area contributed by atoms with Crippen molar-refractivity contribution in [3.05, 3.63) is 47.9 Å². The summed E-state index contributed by atoms with van der Waals surface area (Å²) in [5, 5.41) is 0.567. The number of rotatable bonds is 2. The number of thioether (sulfide) groups is 1. The third-order valence-corrected chi connectivity index (χ3v) is 4.25. The smallest absolute Gasteiger partial charge is 0.255 e. The first-order chi connectivity index (χ1) is 8.27. The van der Waals surface area contributed by atoms with Gasteiger partial charge in [-0.25, -0.2) is 0 Å². The standard InChI is InChI=1S/C12H9ClN2OS.ClH/c13-11(16)9-3-5-15-10(7-17-12(9)15)8-2-1-4-14-6-8;/h1-6,10H,7H2;1H. The number of carbonyl (C=O) groups is 1. The minimum Gasteiger partial charge on any atom is -0.334 e. The Labute approximate surface area is 120 Å². The summed E-state index contributed by atoms with van der Waals surface area (Å²) in [6.45, 7) is 0. The number of nitrogens with zero attached hydrogens (tertiary/aromatic N) is 2. The van der Waals surface area contributed by atoms with E-state index in [4.69, 9.17) is 11.6 Å². The Hall–Kier alpha value is -0.970. The van der Waals surface area contributed by atoms with Crippen molar-refractivity contribution >= 4 is 41.0 Å². The Bertz CT molecular complexity index is 571. The van der Waals surface area contributed by atoms with Crippen LogP contribution >= 0.6 is 35.8 Å². The normalized spacial score (nSPS) is 17.1. The summed E-state index contributed by atoms with van der Waals surface area (Å²) in [5.41, 5.74) is 1.76. The predicted octanol–water partition coefficient (Wildman–Crippen LogP) is 3.38. The zero-order valence-electron chi connectivity index (χ0n) is 9.25. The van der Waals surface area contributed by atoms with E-state index in [-0.39, 0.29) is 18.4 Å². The van der Waals surface area contributed by atoms with E-state index >= 15 is 0 Å². The summed E-state index contributed by atoms with van der Waals surface area (Å²) in [5.74, 6) is 0.916. The molecule has 0 saturated heterocycles. The van der Waals surface area contributed by atoms with Crippen molar-refractivity contribution in [2.75, 3.05) is 5.75 Å². The fourth-order valence-electron chi connectivity index (χ4n) is 2.05. The Morgan fingerprint density at radius 3 is 3.00 bits per heavy atom. The maximum atomic E-state index is 11.2. The monoisotopic (exact) mass is 300 g/mol. The first-order valence-electron chi connectivity index (χ1n) is 5.21. The van der Waals surface area contributed by atoms with Crippen molar-refractivity contribution in [2.24, 2.45) is 0 Å². The van der Waals surface area contributed by atoms with Crippen LogP contribution in [0.1, 0.15) is 22.0 Å². The van der Waals surface area contributed by atoms with Crippen molar-refractivity contribution in [1.29, 1.82) is 0 Å². The van der Waals surface area contributed by atoms with Gasteiger partial charge in [0.2, 0.25) is 0 Å². The molecule has 1 aliphatic rings. The molecule has 3 nitrogen and oxygen atoms in total. The van der Waals surface area contributed by atoms with Gasteiger partial charge in [0.1, 0.15) is 0 Å². The molecule has 1 unspecified atom stereocenters. The molecule has 0 saturated carbocycles. The highest BCUT2D eigenvalue weighted by Gasteiger charge is 2.27. The van der Waals surface area contributed by atoms with Crippen LogP contribution in [0.3, 0.4) is 0 Å². The summed E-state index contributed by atoms with van der Waals surface area (Å²) in [6, 6.07) is 6.00. The number of halogens is 2. The van der Waals surface area contributed by atoms with Crippen LogP contribution in [-0.2, 0) is 0 Å². The molecule has 1 atom stereocenters. The lowest BCUT2D eigenvalue weighted by molar-refractivity contribution is 0.107. The van der Waals surface area contributed by atoms with E-state index in [9.17, 15) is 4.79 Å². The predicted molar refractivity (Wildman–Crippen MR) is 75.0 cm³/mol. The fraction of sp³-hybridized carbons (Fsp3) is 0.167. The molecule has 2 aromatic heterocycles. The molecule has 1 aliphatic heterocycles. The topological polar surface area (TPSA) is 34.9 Å². The molecule has 3 heterocycles. The molecule has 0 spiro atoms. The zero-order valence-corrected chi connectivity index (χ0v) is 11.6. The number of aromatic nitrogens is 2. The Balaban J connectivity index is 0.00000120. The highest BCUT2D eigenvalue weighted by atomic mass is 35.5. The van der Waals surface area contributed by atoms with Gasteiger partial charge in [0.05, 0.1) is 16.6 Å². The third-order valence-electron chi connectivity index (χ3n) is 2.86. The molecule has 0 aromatic carbocycles. The summed E-state index contributed by atoms with van der Waals surface area (Å²) >= 11 is 7.21. The second-order valence-electron chi connectivity index (χ2n) is 3.83. The van der Waals surface area contributed by atoms with Gasteiger partial charge in [0, 0.05) is 24.3 Å². The van der Waals surface area contributed by atoms with Gasteiger partial charge in [0.25, 0.3) is 5.24 Å². The maximum absolute atomic E-state index is 11.2. The van der Waals surface area contributed by atoms with Crippen LogP contribution in [0.2, 0.25) is 0 Å². The number of pyridine rings is 1. The van der Waals surface area contributed by atoms with Crippen LogP contribution in [0.15, 0.2) is 41.8 Å². The molecule has 0 amide bonds. The summed E-state index contributed by atoms with van der Waals surface area (Å²) in [6.07, 6.45) is 5.54. The Morgan fingerprint density at radius 2 is 2.33 bits per heavy atom. The van der Waals surface area contributed by atoms with E-state index in [1.54, 1.807) is 24.0 Å². The fourth-order valence-corrected chi connectivity index (χ4v) is 3.58. The average Bonchev–Trinajstić information content (AvgIpc) is 2.89. The van der Waals surface area contributed by atoms with Crippen LogP contribution in [-0.4, -0.2) is 20.5 Å². The lowest BCUT2D eigenvalue weighted by atomic mass is 10.1. The van der Waals surface area contributed by atoms with Crippen LogP contribution in [0.25, 0.3) is 0 Å². The second kappa shape index (κ2) is 5.34.